The van der Waals surface area contributed by atoms with Crippen LogP contribution in [0.2, 0.25) is 0 Å². The van der Waals surface area contributed by atoms with Gasteiger partial charge in [-0.3, -0.25) is 4.90 Å². The minimum atomic E-state index is 0.561. The van der Waals surface area contributed by atoms with Gasteiger partial charge in [-0.2, -0.15) is 0 Å². The van der Waals surface area contributed by atoms with E-state index in [2.05, 4.69) is 38.6 Å². The number of aromatic nitrogens is 2. The van der Waals surface area contributed by atoms with E-state index in [1.807, 2.05) is 6.07 Å². The average molecular weight is 274 g/mol. The molecule has 0 atom stereocenters. The second-order valence-electron chi connectivity index (χ2n) is 4.68. The number of anilines is 2. The van der Waals surface area contributed by atoms with Crippen LogP contribution < -0.4 is 10.2 Å². The molecule has 0 saturated heterocycles. The van der Waals surface area contributed by atoms with Crippen molar-refractivity contribution in [2.75, 3.05) is 31.7 Å². The Bertz CT molecular complexity index is 570. The summed E-state index contributed by atoms with van der Waals surface area (Å²) in [7, 11) is 1.68. The van der Waals surface area contributed by atoms with Crippen molar-refractivity contribution in [2.45, 2.75) is 13.0 Å². The van der Waals surface area contributed by atoms with Gasteiger partial charge in [0.2, 0.25) is 5.89 Å². The molecule has 6 nitrogen and oxygen atoms in total. The second-order valence-corrected chi connectivity index (χ2v) is 4.68. The van der Waals surface area contributed by atoms with Crippen molar-refractivity contribution >= 4 is 11.7 Å². The number of benzene rings is 1. The topological polar surface area (TPSA) is 63.4 Å². The number of methoxy groups -OCH3 is 1. The van der Waals surface area contributed by atoms with Crippen LogP contribution in [0.1, 0.15) is 11.5 Å². The van der Waals surface area contributed by atoms with Crippen molar-refractivity contribution in [1.82, 2.24) is 15.5 Å². The van der Waals surface area contributed by atoms with Crippen molar-refractivity contribution in [1.29, 1.82) is 0 Å². The van der Waals surface area contributed by atoms with E-state index >= 15 is 0 Å². The fourth-order valence-corrected chi connectivity index (χ4v) is 2.33. The van der Waals surface area contributed by atoms with Gasteiger partial charge >= 0.3 is 6.01 Å². The van der Waals surface area contributed by atoms with Crippen LogP contribution in [0.4, 0.5) is 11.7 Å². The van der Waals surface area contributed by atoms with Crippen molar-refractivity contribution in [2.24, 2.45) is 0 Å². The Morgan fingerprint density at radius 1 is 1.35 bits per heavy atom. The maximum Gasteiger partial charge on any atom is 0.322 e. The largest absolute Gasteiger partial charge is 0.406 e. The molecule has 20 heavy (non-hydrogen) atoms. The van der Waals surface area contributed by atoms with Crippen molar-refractivity contribution in [3.8, 4) is 0 Å². The molecular weight excluding hydrogens is 256 g/mol. The summed E-state index contributed by atoms with van der Waals surface area (Å²) < 4.78 is 10.7. The molecule has 2 heterocycles. The molecule has 1 aliphatic rings. The Labute approximate surface area is 117 Å². The number of hydrogen-bond donors (Lipinski definition) is 1. The van der Waals surface area contributed by atoms with E-state index in [1.165, 1.54) is 5.56 Å². The SMILES string of the molecule is COCCNCc1nnc(N2CCc3ccccc32)o1. The van der Waals surface area contributed by atoms with Gasteiger partial charge < -0.3 is 14.5 Å². The number of ether oxygens (including phenoxy) is 1. The Kier molecular flexibility index (Phi) is 3.94. The summed E-state index contributed by atoms with van der Waals surface area (Å²) in [5.41, 5.74) is 2.49. The molecule has 0 bridgehead atoms. The fourth-order valence-electron chi connectivity index (χ4n) is 2.33. The monoisotopic (exact) mass is 274 g/mol. The lowest BCUT2D eigenvalue weighted by molar-refractivity contribution is 0.198. The van der Waals surface area contributed by atoms with Crippen LogP contribution >= 0.6 is 0 Å². The van der Waals surface area contributed by atoms with E-state index in [0.29, 0.717) is 25.1 Å². The maximum atomic E-state index is 5.71. The Morgan fingerprint density at radius 2 is 2.25 bits per heavy atom. The molecule has 0 spiro atoms. The molecule has 1 aromatic heterocycles. The summed E-state index contributed by atoms with van der Waals surface area (Å²) in [6, 6.07) is 8.88. The molecule has 0 amide bonds. The van der Waals surface area contributed by atoms with Gasteiger partial charge in [0.25, 0.3) is 0 Å². The first-order valence-electron chi connectivity index (χ1n) is 6.76. The zero-order chi connectivity index (χ0) is 13.8. The first-order chi connectivity index (χ1) is 9.88. The van der Waals surface area contributed by atoms with Gasteiger partial charge in [-0.05, 0) is 18.1 Å². The molecule has 0 saturated carbocycles. The summed E-state index contributed by atoms with van der Waals surface area (Å²) in [5.74, 6) is 0.598. The third kappa shape index (κ3) is 2.66. The Hall–Kier alpha value is -1.92. The Morgan fingerprint density at radius 3 is 3.15 bits per heavy atom. The van der Waals surface area contributed by atoms with Crippen molar-refractivity contribution in [3.05, 3.63) is 35.7 Å². The third-order valence-electron chi connectivity index (χ3n) is 3.33. The lowest BCUT2D eigenvalue weighted by Gasteiger charge is -2.13. The molecule has 3 rings (SSSR count). The summed E-state index contributed by atoms with van der Waals surface area (Å²) >= 11 is 0. The van der Waals surface area contributed by atoms with Gasteiger partial charge in [-0.25, -0.2) is 0 Å². The van der Waals surface area contributed by atoms with Crippen molar-refractivity contribution in [3.63, 3.8) is 0 Å². The summed E-state index contributed by atoms with van der Waals surface area (Å²) in [5, 5.41) is 11.4. The highest BCUT2D eigenvalue weighted by molar-refractivity contribution is 5.64. The van der Waals surface area contributed by atoms with Crippen molar-refractivity contribution < 1.29 is 9.15 Å². The predicted octanol–water partition coefficient (Wildman–Crippen LogP) is 1.50. The second kappa shape index (κ2) is 6.02. The zero-order valence-electron chi connectivity index (χ0n) is 11.5. The normalized spacial score (nSPS) is 13.8. The lowest BCUT2D eigenvalue weighted by atomic mass is 10.2. The van der Waals surface area contributed by atoms with Crippen LogP contribution in [0.25, 0.3) is 0 Å². The van der Waals surface area contributed by atoms with Gasteiger partial charge in [-0.1, -0.05) is 23.3 Å². The van der Waals surface area contributed by atoms with Gasteiger partial charge in [0.15, 0.2) is 0 Å². The van der Waals surface area contributed by atoms with E-state index in [-0.39, 0.29) is 0 Å². The zero-order valence-corrected chi connectivity index (χ0v) is 11.5. The predicted molar refractivity (Wildman–Crippen MR) is 75.0 cm³/mol. The van der Waals surface area contributed by atoms with Crippen LogP contribution in [-0.4, -0.2) is 37.0 Å². The highest BCUT2D eigenvalue weighted by atomic mass is 16.5. The van der Waals surface area contributed by atoms with E-state index in [0.717, 1.165) is 25.2 Å². The Balaban J connectivity index is 1.66. The standard InChI is InChI=1S/C14H18N4O2/c1-19-9-7-15-10-13-16-17-14(20-13)18-8-6-11-4-2-3-5-12(11)18/h2-5,15H,6-10H2,1H3. The number of para-hydroxylation sites is 1. The van der Waals surface area contributed by atoms with Gasteiger partial charge in [0.05, 0.1) is 13.2 Å². The highest BCUT2D eigenvalue weighted by Gasteiger charge is 2.24. The molecule has 0 aliphatic carbocycles. The van der Waals surface area contributed by atoms with E-state index in [1.54, 1.807) is 7.11 Å². The van der Waals surface area contributed by atoms with E-state index in [9.17, 15) is 0 Å². The van der Waals surface area contributed by atoms with Gasteiger partial charge in [0, 0.05) is 25.9 Å². The lowest BCUT2D eigenvalue weighted by Crippen LogP contribution is -2.18. The molecule has 1 aliphatic heterocycles. The van der Waals surface area contributed by atoms with Crippen LogP contribution in [-0.2, 0) is 17.7 Å². The first-order valence-corrected chi connectivity index (χ1v) is 6.76. The van der Waals surface area contributed by atoms with Crippen LogP contribution in [0.15, 0.2) is 28.7 Å². The molecule has 1 aromatic carbocycles. The number of nitrogens with zero attached hydrogens (tertiary/aromatic N) is 3. The van der Waals surface area contributed by atoms with Crippen LogP contribution in [0.3, 0.4) is 0 Å². The number of rotatable bonds is 6. The van der Waals surface area contributed by atoms with E-state index < -0.39 is 0 Å². The minimum Gasteiger partial charge on any atom is -0.406 e. The quantitative estimate of drug-likeness (QED) is 0.805. The molecule has 2 aromatic rings. The van der Waals surface area contributed by atoms with Gasteiger partial charge in [-0.15, -0.1) is 5.10 Å². The first kappa shape index (κ1) is 13.1. The fraction of sp³-hybridized carbons (Fsp3) is 0.429. The third-order valence-corrected chi connectivity index (χ3v) is 3.33. The van der Waals surface area contributed by atoms with Crippen LogP contribution in [0, 0.1) is 0 Å². The summed E-state index contributed by atoms with van der Waals surface area (Å²) in [6.45, 7) is 2.88. The molecule has 0 fully saturated rings. The molecule has 6 heteroatoms. The highest BCUT2D eigenvalue weighted by Crippen LogP contribution is 2.33. The summed E-state index contributed by atoms with van der Waals surface area (Å²) in [4.78, 5) is 2.07. The molecule has 0 unspecified atom stereocenters. The molecule has 106 valence electrons. The minimum absolute atomic E-state index is 0.561. The van der Waals surface area contributed by atoms with Crippen LogP contribution in [0.5, 0.6) is 0 Å². The number of hydrogen-bond acceptors (Lipinski definition) is 6. The summed E-state index contributed by atoms with van der Waals surface area (Å²) in [6.07, 6.45) is 1.01. The molecule has 1 N–H and O–H groups in total. The number of fused-ring (bicyclic) bond motifs is 1. The molecular formula is C14H18N4O2. The smallest absolute Gasteiger partial charge is 0.322 e. The number of nitrogens with one attached hydrogen (secondary N) is 1. The average Bonchev–Trinajstić information content (AvgIpc) is 3.10. The van der Waals surface area contributed by atoms with Gasteiger partial charge in [0.1, 0.15) is 0 Å². The van der Waals surface area contributed by atoms with E-state index in [4.69, 9.17) is 9.15 Å². The molecule has 0 radical (unpaired) electrons. The maximum absolute atomic E-state index is 5.71.